The first-order valence-electron chi connectivity index (χ1n) is 8.05. The van der Waals surface area contributed by atoms with Gasteiger partial charge in [-0.1, -0.05) is 13.8 Å². The topological polar surface area (TPSA) is 80.0 Å². The van der Waals surface area contributed by atoms with Crippen molar-refractivity contribution >= 4 is 17.8 Å². The molecule has 2 aliphatic rings. The minimum Gasteiger partial charge on any atom is -0.368 e. The van der Waals surface area contributed by atoms with Crippen molar-refractivity contribution in [2.45, 2.75) is 58.4 Å². The number of nitrogens with two attached hydrogens (primary N) is 1. The Morgan fingerprint density at radius 2 is 1.76 bits per heavy atom. The van der Waals surface area contributed by atoms with E-state index in [1.807, 2.05) is 0 Å². The number of hydrogen-bond donors (Lipinski definition) is 2. The number of hydrogen-bond acceptors (Lipinski definition) is 6. The van der Waals surface area contributed by atoms with Gasteiger partial charge in [0.05, 0.1) is 0 Å². The molecule has 0 radical (unpaired) electrons. The van der Waals surface area contributed by atoms with E-state index in [0.717, 1.165) is 31.9 Å². The number of aromatic nitrogens is 3. The fourth-order valence-corrected chi connectivity index (χ4v) is 3.23. The lowest BCUT2D eigenvalue weighted by Crippen LogP contribution is -2.31. The van der Waals surface area contributed by atoms with E-state index in [1.165, 1.54) is 25.7 Å². The zero-order valence-electron chi connectivity index (χ0n) is 13.1. The number of nitrogens with one attached hydrogen (secondary N) is 1. The summed E-state index contributed by atoms with van der Waals surface area (Å²) in [7, 11) is 0. The van der Waals surface area contributed by atoms with Gasteiger partial charge in [-0.25, -0.2) is 0 Å². The second-order valence-corrected chi connectivity index (χ2v) is 7.09. The maximum Gasteiger partial charge on any atom is 0.231 e. The molecule has 1 aromatic rings. The monoisotopic (exact) mass is 290 g/mol. The zero-order chi connectivity index (χ0) is 14.9. The second-order valence-electron chi connectivity index (χ2n) is 7.09. The van der Waals surface area contributed by atoms with E-state index in [0.29, 0.717) is 23.4 Å². The highest BCUT2D eigenvalue weighted by Crippen LogP contribution is 2.35. The van der Waals surface area contributed by atoms with E-state index in [-0.39, 0.29) is 0 Å². The molecule has 0 atom stereocenters. The quantitative estimate of drug-likeness (QED) is 0.890. The largest absolute Gasteiger partial charge is 0.368 e. The van der Waals surface area contributed by atoms with Crippen molar-refractivity contribution < 1.29 is 0 Å². The molecule has 21 heavy (non-hydrogen) atoms. The molecule has 0 aromatic carbocycles. The Bertz CT molecular complexity index is 485. The minimum absolute atomic E-state index is 0.311. The van der Waals surface area contributed by atoms with E-state index in [2.05, 4.69) is 39.0 Å². The van der Waals surface area contributed by atoms with Gasteiger partial charge in [0.25, 0.3) is 0 Å². The molecule has 6 nitrogen and oxygen atoms in total. The third kappa shape index (κ3) is 3.54. The van der Waals surface area contributed by atoms with Gasteiger partial charge in [0, 0.05) is 19.1 Å². The molecule has 1 aliphatic carbocycles. The van der Waals surface area contributed by atoms with Crippen LogP contribution in [0.15, 0.2) is 0 Å². The summed E-state index contributed by atoms with van der Waals surface area (Å²) in [6.07, 6.45) is 7.21. The Balaban J connectivity index is 1.68. The third-order valence-electron chi connectivity index (χ3n) is 4.70. The Morgan fingerprint density at radius 1 is 1.10 bits per heavy atom. The molecule has 2 fully saturated rings. The maximum absolute atomic E-state index is 5.85. The predicted molar refractivity (Wildman–Crippen MR) is 85.3 cm³/mol. The van der Waals surface area contributed by atoms with Gasteiger partial charge in [-0.3, -0.25) is 0 Å². The fraction of sp³-hybridized carbons (Fsp3) is 0.800. The van der Waals surface area contributed by atoms with Crippen molar-refractivity contribution in [3.05, 3.63) is 0 Å². The van der Waals surface area contributed by atoms with Crippen LogP contribution in [-0.2, 0) is 0 Å². The Kier molecular flexibility index (Phi) is 3.87. The molecule has 0 amide bonds. The number of anilines is 3. The highest BCUT2D eigenvalue weighted by molar-refractivity contribution is 5.42. The van der Waals surface area contributed by atoms with Gasteiger partial charge < -0.3 is 16.0 Å². The molecular formula is C15H26N6. The van der Waals surface area contributed by atoms with Crippen molar-refractivity contribution in [3.63, 3.8) is 0 Å². The van der Waals surface area contributed by atoms with Crippen LogP contribution in [0.2, 0.25) is 0 Å². The standard InChI is InChI=1S/C15H26N6/c1-15(2)7-5-11(6-8-15)17-13-18-12(16)19-14(20-13)21-9-3-4-10-21/h11H,3-10H2,1-2H3,(H3,16,17,18,19,20). The molecule has 0 unspecified atom stereocenters. The van der Waals surface area contributed by atoms with Crippen LogP contribution in [0.4, 0.5) is 17.8 Å². The first-order valence-corrected chi connectivity index (χ1v) is 8.05. The highest BCUT2D eigenvalue weighted by atomic mass is 15.3. The van der Waals surface area contributed by atoms with Crippen LogP contribution in [0.5, 0.6) is 0 Å². The van der Waals surface area contributed by atoms with Gasteiger partial charge in [-0.2, -0.15) is 15.0 Å². The average Bonchev–Trinajstić information content (AvgIpc) is 2.95. The lowest BCUT2D eigenvalue weighted by Gasteiger charge is -2.34. The van der Waals surface area contributed by atoms with Crippen LogP contribution in [-0.4, -0.2) is 34.1 Å². The molecule has 0 spiro atoms. The zero-order valence-corrected chi connectivity index (χ0v) is 13.1. The van der Waals surface area contributed by atoms with Crippen LogP contribution >= 0.6 is 0 Å². The molecule has 1 saturated heterocycles. The SMILES string of the molecule is CC1(C)CCC(Nc2nc(N)nc(N3CCCC3)n2)CC1. The van der Waals surface area contributed by atoms with Gasteiger partial charge in [0.1, 0.15) is 0 Å². The smallest absolute Gasteiger partial charge is 0.231 e. The van der Waals surface area contributed by atoms with E-state index in [4.69, 9.17) is 5.73 Å². The van der Waals surface area contributed by atoms with Crippen molar-refractivity contribution in [3.8, 4) is 0 Å². The van der Waals surface area contributed by atoms with Crippen molar-refractivity contribution in [1.29, 1.82) is 0 Å². The predicted octanol–water partition coefficient (Wildman–Crippen LogP) is 2.43. The van der Waals surface area contributed by atoms with Crippen LogP contribution < -0.4 is 16.0 Å². The summed E-state index contributed by atoms with van der Waals surface area (Å²) in [5.74, 6) is 1.67. The summed E-state index contributed by atoms with van der Waals surface area (Å²) in [6.45, 7) is 6.71. The normalized spacial score (nSPS) is 22.5. The van der Waals surface area contributed by atoms with E-state index in [9.17, 15) is 0 Å². The summed E-state index contributed by atoms with van der Waals surface area (Å²) in [6, 6.07) is 0.450. The molecule has 1 aliphatic heterocycles. The molecule has 1 aromatic heterocycles. The summed E-state index contributed by atoms with van der Waals surface area (Å²) in [4.78, 5) is 15.3. The minimum atomic E-state index is 0.311. The van der Waals surface area contributed by atoms with Crippen molar-refractivity contribution in [2.24, 2.45) is 5.41 Å². The Morgan fingerprint density at radius 3 is 2.43 bits per heavy atom. The Labute approximate surface area is 126 Å². The molecule has 1 saturated carbocycles. The van der Waals surface area contributed by atoms with Gasteiger partial charge in [-0.05, 0) is 43.9 Å². The summed E-state index contributed by atoms with van der Waals surface area (Å²) in [5, 5.41) is 3.45. The van der Waals surface area contributed by atoms with Gasteiger partial charge >= 0.3 is 0 Å². The molecule has 116 valence electrons. The van der Waals surface area contributed by atoms with Gasteiger partial charge in [0.2, 0.25) is 17.8 Å². The van der Waals surface area contributed by atoms with Crippen molar-refractivity contribution in [1.82, 2.24) is 15.0 Å². The van der Waals surface area contributed by atoms with Crippen LogP contribution in [0.25, 0.3) is 0 Å². The first-order chi connectivity index (χ1) is 10.0. The molecule has 3 rings (SSSR count). The molecule has 0 bridgehead atoms. The molecule has 2 heterocycles. The molecule has 3 N–H and O–H groups in total. The van der Waals surface area contributed by atoms with E-state index >= 15 is 0 Å². The highest BCUT2D eigenvalue weighted by Gasteiger charge is 2.27. The summed E-state index contributed by atoms with van der Waals surface area (Å²) < 4.78 is 0. The number of rotatable bonds is 3. The number of nitrogens with zero attached hydrogens (tertiary/aromatic N) is 4. The summed E-state index contributed by atoms with van der Waals surface area (Å²) >= 11 is 0. The molecular weight excluding hydrogens is 264 g/mol. The summed E-state index contributed by atoms with van der Waals surface area (Å²) in [5.41, 5.74) is 6.32. The van der Waals surface area contributed by atoms with Crippen LogP contribution in [0.1, 0.15) is 52.4 Å². The lowest BCUT2D eigenvalue weighted by atomic mass is 9.76. The Hall–Kier alpha value is -1.59. The first kappa shape index (κ1) is 14.4. The van der Waals surface area contributed by atoms with E-state index in [1.54, 1.807) is 0 Å². The maximum atomic E-state index is 5.85. The van der Waals surface area contributed by atoms with Gasteiger partial charge in [-0.15, -0.1) is 0 Å². The van der Waals surface area contributed by atoms with Crippen LogP contribution in [0, 0.1) is 5.41 Å². The average molecular weight is 290 g/mol. The fourth-order valence-electron chi connectivity index (χ4n) is 3.23. The second kappa shape index (κ2) is 5.66. The van der Waals surface area contributed by atoms with E-state index < -0.39 is 0 Å². The van der Waals surface area contributed by atoms with Crippen molar-refractivity contribution in [2.75, 3.05) is 29.0 Å². The van der Waals surface area contributed by atoms with Gasteiger partial charge in [0.15, 0.2) is 0 Å². The number of nitrogen functional groups attached to an aromatic ring is 1. The lowest BCUT2D eigenvalue weighted by molar-refractivity contribution is 0.232. The van der Waals surface area contributed by atoms with Crippen LogP contribution in [0.3, 0.4) is 0 Å². The third-order valence-corrected chi connectivity index (χ3v) is 4.70. The molecule has 6 heteroatoms.